The molecular formula is C24H31N5O3. The topological polar surface area (TPSA) is 87.5 Å². The maximum absolute atomic E-state index is 13.2. The summed E-state index contributed by atoms with van der Waals surface area (Å²) in [6.07, 6.45) is 3.25. The Morgan fingerprint density at radius 1 is 1.19 bits per heavy atom. The zero-order valence-corrected chi connectivity index (χ0v) is 19.0. The number of likely N-dealkylation sites (tertiary alicyclic amines) is 1. The second-order valence-electron chi connectivity index (χ2n) is 9.09. The van der Waals surface area contributed by atoms with Crippen molar-refractivity contribution in [3.05, 3.63) is 63.8 Å². The molecule has 3 heterocycles. The van der Waals surface area contributed by atoms with Gasteiger partial charge in [0.25, 0.3) is 11.5 Å². The molecule has 1 spiro atoms. The van der Waals surface area contributed by atoms with Gasteiger partial charge in [-0.05, 0) is 39.2 Å². The summed E-state index contributed by atoms with van der Waals surface area (Å²) in [7, 11) is 0. The number of hydrogen-bond donors (Lipinski definition) is 1. The lowest BCUT2D eigenvalue weighted by Gasteiger charge is -2.24. The van der Waals surface area contributed by atoms with Crippen LogP contribution < -0.4 is 10.9 Å². The summed E-state index contributed by atoms with van der Waals surface area (Å²) in [5, 5.41) is 2.94. The van der Waals surface area contributed by atoms with Gasteiger partial charge in [-0.25, -0.2) is 4.79 Å². The van der Waals surface area contributed by atoms with E-state index in [-0.39, 0.29) is 29.0 Å². The van der Waals surface area contributed by atoms with E-state index in [2.05, 4.69) is 10.3 Å². The molecule has 3 amide bonds. The number of fused-ring (bicyclic) bond motifs is 2. The van der Waals surface area contributed by atoms with Crippen molar-refractivity contribution in [2.75, 3.05) is 19.6 Å². The Morgan fingerprint density at radius 3 is 2.59 bits per heavy atom. The smallest absolute Gasteiger partial charge is 0.317 e. The number of nitrogens with one attached hydrogen (secondary N) is 1. The summed E-state index contributed by atoms with van der Waals surface area (Å²) in [6, 6.07) is 9.73. The van der Waals surface area contributed by atoms with Gasteiger partial charge in [0.2, 0.25) is 0 Å². The van der Waals surface area contributed by atoms with Gasteiger partial charge in [0.15, 0.2) is 0 Å². The molecule has 0 aliphatic carbocycles. The molecule has 1 atom stereocenters. The standard InChI is InChI=1S/C24H31N5O3/c1-4-27(14-18-8-6-5-7-9-18)21(31)19-15-28-12-10-24(22(28)26-20(19)30)11-13-29(16-24)23(32)25-17(2)3/h5-9,15,17H,4,10-14,16H2,1-3H3,(H,25,32)/t24-/m0/s1. The average molecular weight is 438 g/mol. The molecule has 2 aliphatic rings. The molecule has 8 heteroatoms. The van der Waals surface area contributed by atoms with Crippen LogP contribution in [0.15, 0.2) is 41.3 Å². The van der Waals surface area contributed by atoms with Gasteiger partial charge < -0.3 is 19.7 Å². The molecule has 170 valence electrons. The van der Waals surface area contributed by atoms with E-state index in [1.54, 1.807) is 16.0 Å². The lowest BCUT2D eigenvalue weighted by atomic mass is 9.85. The van der Waals surface area contributed by atoms with Crippen LogP contribution in [0, 0.1) is 0 Å². The maximum atomic E-state index is 13.2. The monoisotopic (exact) mass is 437 g/mol. The molecule has 4 rings (SSSR count). The van der Waals surface area contributed by atoms with Crippen LogP contribution in [-0.4, -0.2) is 57.0 Å². The van der Waals surface area contributed by atoms with Gasteiger partial charge >= 0.3 is 6.03 Å². The Bertz CT molecular complexity index is 1070. The number of nitrogens with zero attached hydrogens (tertiary/aromatic N) is 4. The van der Waals surface area contributed by atoms with Crippen LogP contribution >= 0.6 is 0 Å². The van der Waals surface area contributed by atoms with Crippen molar-refractivity contribution in [3.63, 3.8) is 0 Å². The van der Waals surface area contributed by atoms with Crippen molar-refractivity contribution < 1.29 is 9.59 Å². The van der Waals surface area contributed by atoms with Gasteiger partial charge in [-0.3, -0.25) is 9.59 Å². The molecule has 0 radical (unpaired) electrons. The van der Waals surface area contributed by atoms with Crippen molar-refractivity contribution in [3.8, 4) is 0 Å². The third-order valence-corrected chi connectivity index (χ3v) is 6.47. The number of aryl methyl sites for hydroxylation is 1. The third-order valence-electron chi connectivity index (χ3n) is 6.47. The third kappa shape index (κ3) is 4.13. The lowest BCUT2D eigenvalue weighted by Crippen LogP contribution is -2.43. The number of aromatic nitrogens is 2. The highest BCUT2D eigenvalue weighted by Crippen LogP contribution is 2.41. The number of carbonyl (C=O) groups is 2. The van der Waals surface area contributed by atoms with Crippen LogP contribution in [0.1, 0.15) is 55.4 Å². The average Bonchev–Trinajstić information content (AvgIpc) is 3.36. The van der Waals surface area contributed by atoms with E-state index in [4.69, 9.17) is 0 Å². The van der Waals surface area contributed by atoms with E-state index in [0.29, 0.717) is 38.5 Å². The maximum Gasteiger partial charge on any atom is 0.317 e. The first kappa shape index (κ1) is 22.0. The number of carbonyl (C=O) groups excluding carboxylic acids is 2. The molecule has 1 saturated heterocycles. The molecule has 32 heavy (non-hydrogen) atoms. The van der Waals surface area contributed by atoms with Gasteiger partial charge in [0, 0.05) is 50.4 Å². The summed E-state index contributed by atoms with van der Waals surface area (Å²) in [6.45, 7) is 8.59. The fourth-order valence-electron chi connectivity index (χ4n) is 4.75. The van der Waals surface area contributed by atoms with E-state index in [0.717, 1.165) is 18.4 Å². The molecule has 0 bridgehead atoms. The van der Waals surface area contributed by atoms with Gasteiger partial charge in [0.1, 0.15) is 11.4 Å². The molecule has 0 saturated carbocycles. The Balaban J connectivity index is 1.56. The first-order chi connectivity index (χ1) is 15.3. The SMILES string of the molecule is CCN(Cc1ccccc1)C(=O)c1cn2c(nc1=O)[C@]1(CCN(C(=O)NC(C)C)C1)CC2. The summed E-state index contributed by atoms with van der Waals surface area (Å²) in [5.41, 5.74) is 0.320. The molecule has 1 fully saturated rings. The zero-order valence-electron chi connectivity index (χ0n) is 19.0. The van der Waals surface area contributed by atoms with Crippen molar-refractivity contribution in [1.29, 1.82) is 0 Å². The van der Waals surface area contributed by atoms with E-state index < -0.39 is 5.56 Å². The Labute approximate surface area is 188 Å². The second-order valence-corrected chi connectivity index (χ2v) is 9.09. The van der Waals surface area contributed by atoms with E-state index in [1.807, 2.05) is 55.7 Å². The Morgan fingerprint density at radius 2 is 1.91 bits per heavy atom. The number of hydrogen-bond acceptors (Lipinski definition) is 4. The van der Waals surface area contributed by atoms with Crippen LogP contribution in [0.4, 0.5) is 4.79 Å². The summed E-state index contributed by atoms with van der Waals surface area (Å²) in [5.74, 6) is 0.402. The Kier molecular flexibility index (Phi) is 6.04. The Hall–Kier alpha value is -3.16. The minimum absolute atomic E-state index is 0.0710. The van der Waals surface area contributed by atoms with Crippen molar-refractivity contribution in [1.82, 2.24) is 24.7 Å². The fraction of sp³-hybridized carbons (Fsp3) is 0.500. The number of amides is 3. The highest BCUT2D eigenvalue weighted by Gasteiger charge is 2.47. The molecule has 8 nitrogen and oxygen atoms in total. The van der Waals surface area contributed by atoms with Gasteiger partial charge in [-0.1, -0.05) is 30.3 Å². The van der Waals surface area contributed by atoms with Crippen molar-refractivity contribution in [2.24, 2.45) is 0 Å². The van der Waals surface area contributed by atoms with Gasteiger partial charge in [0.05, 0.1) is 0 Å². The van der Waals surface area contributed by atoms with Crippen molar-refractivity contribution in [2.45, 2.75) is 58.2 Å². The predicted octanol–water partition coefficient (Wildman–Crippen LogP) is 2.37. The van der Waals surface area contributed by atoms with E-state index in [9.17, 15) is 14.4 Å². The predicted molar refractivity (Wildman–Crippen MR) is 122 cm³/mol. The molecule has 2 aliphatic heterocycles. The lowest BCUT2D eigenvalue weighted by molar-refractivity contribution is 0.0749. The summed E-state index contributed by atoms with van der Waals surface area (Å²) >= 11 is 0. The van der Waals surface area contributed by atoms with Gasteiger partial charge in [-0.2, -0.15) is 4.98 Å². The zero-order chi connectivity index (χ0) is 22.9. The van der Waals surface area contributed by atoms with Crippen molar-refractivity contribution >= 4 is 11.9 Å². The van der Waals surface area contributed by atoms with E-state index >= 15 is 0 Å². The van der Waals surface area contributed by atoms with E-state index in [1.165, 1.54) is 0 Å². The minimum Gasteiger partial charge on any atom is -0.336 e. The molecule has 1 aromatic heterocycles. The normalized spacial score (nSPS) is 19.4. The summed E-state index contributed by atoms with van der Waals surface area (Å²) < 4.78 is 1.94. The first-order valence-electron chi connectivity index (χ1n) is 11.3. The number of urea groups is 1. The van der Waals surface area contributed by atoms with Crippen LogP contribution in [0.2, 0.25) is 0 Å². The highest BCUT2D eigenvalue weighted by molar-refractivity contribution is 5.93. The van der Waals surface area contributed by atoms with Crippen LogP contribution in [0.25, 0.3) is 0 Å². The number of rotatable bonds is 5. The number of benzene rings is 1. The molecule has 0 unspecified atom stereocenters. The first-order valence-corrected chi connectivity index (χ1v) is 11.3. The molecular weight excluding hydrogens is 406 g/mol. The highest BCUT2D eigenvalue weighted by atomic mass is 16.2. The van der Waals surface area contributed by atoms with Crippen LogP contribution in [0.5, 0.6) is 0 Å². The molecule has 1 aromatic carbocycles. The fourth-order valence-corrected chi connectivity index (χ4v) is 4.75. The summed E-state index contributed by atoms with van der Waals surface area (Å²) in [4.78, 5) is 46.4. The molecule has 1 N–H and O–H groups in total. The quantitative estimate of drug-likeness (QED) is 0.778. The van der Waals surface area contributed by atoms with Crippen LogP contribution in [-0.2, 0) is 18.5 Å². The van der Waals surface area contributed by atoms with Gasteiger partial charge in [-0.15, -0.1) is 0 Å². The second kappa shape index (κ2) is 8.76. The molecule has 2 aromatic rings. The van der Waals surface area contributed by atoms with Crippen LogP contribution in [0.3, 0.4) is 0 Å². The minimum atomic E-state index is -0.487. The largest absolute Gasteiger partial charge is 0.336 e.